The minimum Gasteiger partial charge on any atom is -0.481 e. The molecule has 0 spiro atoms. The molecular formula is C13H19NO4S. The van der Waals surface area contributed by atoms with Gasteiger partial charge in [0.25, 0.3) is 0 Å². The van der Waals surface area contributed by atoms with Crippen molar-refractivity contribution in [1.29, 1.82) is 0 Å². The van der Waals surface area contributed by atoms with Crippen LogP contribution in [0.5, 0.6) is 0 Å². The van der Waals surface area contributed by atoms with E-state index in [2.05, 4.69) is 5.32 Å². The highest BCUT2D eigenvalue weighted by Gasteiger charge is 2.12. The Kier molecular flexibility index (Phi) is 6.52. The molecule has 0 amide bonds. The zero-order valence-electron chi connectivity index (χ0n) is 10.7. The van der Waals surface area contributed by atoms with Gasteiger partial charge in [-0.2, -0.15) is 0 Å². The molecule has 0 fully saturated rings. The molecule has 1 aromatic rings. The summed E-state index contributed by atoms with van der Waals surface area (Å²) < 4.78 is 23.7. The number of benzene rings is 1. The molecule has 0 radical (unpaired) electrons. The number of nitrogens with one attached hydrogen (secondary N) is 1. The van der Waals surface area contributed by atoms with Crippen LogP contribution >= 0.6 is 0 Å². The molecule has 6 heteroatoms. The van der Waals surface area contributed by atoms with Gasteiger partial charge in [0.15, 0.2) is 9.84 Å². The van der Waals surface area contributed by atoms with E-state index in [1.165, 1.54) is 0 Å². The third-order valence-corrected chi connectivity index (χ3v) is 4.21. The molecule has 0 aromatic heterocycles. The minimum absolute atomic E-state index is 0.0874. The van der Waals surface area contributed by atoms with Gasteiger partial charge in [0.05, 0.1) is 4.90 Å². The van der Waals surface area contributed by atoms with Crippen molar-refractivity contribution >= 4 is 15.8 Å². The van der Waals surface area contributed by atoms with E-state index in [-0.39, 0.29) is 12.3 Å². The lowest BCUT2D eigenvalue weighted by Gasteiger charge is -2.06. The van der Waals surface area contributed by atoms with Crippen molar-refractivity contribution < 1.29 is 18.3 Å². The van der Waals surface area contributed by atoms with Crippen LogP contribution in [0.3, 0.4) is 0 Å². The van der Waals surface area contributed by atoms with Crippen LogP contribution in [-0.4, -0.2) is 31.9 Å². The van der Waals surface area contributed by atoms with Crippen molar-refractivity contribution in [2.24, 2.45) is 0 Å². The van der Waals surface area contributed by atoms with Gasteiger partial charge in [-0.05, 0) is 31.5 Å². The van der Waals surface area contributed by atoms with E-state index >= 15 is 0 Å². The van der Waals surface area contributed by atoms with Crippen LogP contribution < -0.4 is 5.32 Å². The van der Waals surface area contributed by atoms with Crippen LogP contribution in [0.1, 0.15) is 25.7 Å². The zero-order chi connectivity index (χ0) is 14.1. The Hall–Kier alpha value is -1.40. The fourth-order valence-electron chi connectivity index (χ4n) is 1.62. The molecule has 0 heterocycles. The first kappa shape index (κ1) is 15.7. The Morgan fingerprint density at radius 1 is 1.11 bits per heavy atom. The van der Waals surface area contributed by atoms with Gasteiger partial charge in [0.1, 0.15) is 5.88 Å². The monoisotopic (exact) mass is 285 g/mol. The molecule has 0 unspecified atom stereocenters. The second-order valence-electron chi connectivity index (χ2n) is 4.28. The molecule has 0 atom stereocenters. The van der Waals surface area contributed by atoms with Gasteiger partial charge in [-0.1, -0.05) is 24.6 Å². The van der Waals surface area contributed by atoms with Gasteiger partial charge in [-0.15, -0.1) is 0 Å². The second kappa shape index (κ2) is 7.91. The van der Waals surface area contributed by atoms with Crippen LogP contribution in [0.15, 0.2) is 35.2 Å². The first-order valence-corrected chi connectivity index (χ1v) is 7.88. The van der Waals surface area contributed by atoms with Crippen molar-refractivity contribution in [2.75, 3.05) is 12.4 Å². The van der Waals surface area contributed by atoms with Gasteiger partial charge >= 0.3 is 5.97 Å². The summed E-state index contributed by atoms with van der Waals surface area (Å²) in [5.74, 6) is -0.879. The molecule has 1 rings (SSSR count). The lowest BCUT2D eigenvalue weighted by atomic mass is 10.2. The van der Waals surface area contributed by atoms with Crippen molar-refractivity contribution in [1.82, 2.24) is 5.32 Å². The summed E-state index contributed by atoms with van der Waals surface area (Å²) in [5, 5.41) is 11.3. The molecule has 0 aliphatic carbocycles. The predicted octanol–water partition coefficient (Wildman–Crippen LogP) is 1.65. The van der Waals surface area contributed by atoms with Crippen LogP contribution in [0.25, 0.3) is 0 Å². The molecular weight excluding hydrogens is 266 g/mol. The molecule has 1 aromatic carbocycles. The van der Waals surface area contributed by atoms with Gasteiger partial charge in [0, 0.05) is 6.42 Å². The number of unbranched alkanes of at least 4 members (excludes halogenated alkanes) is 2. The van der Waals surface area contributed by atoms with Crippen molar-refractivity contribution in [3.63, 3.8) is 0 Å². The number of carbonyl (C=O) groups is 1. The molecule has 0 saturated heterocycles. The van der Waals surface area contributed by atoms with Crippen LogP contribution in [0.2, 0.25) is 0 Å². The SMILES string of the molecule is O=C(O)CCCCCNCS(=O)(=O)c1ccccc1. The highest BCUT2D eigenvalue weighted by molar-refractivity contribution is 7.91. The average molecular weight is 285 g/mol. The number of hydrogen-bond donors (Lipinski definition) is 2. The summed E-state index contributed by atoms with van der Waals surface area (Å²) in [6, 6.07) is 8.31. The van der Waals surface area contributed by atoms with Crippen LogP contribution in [0.4, 0.5) is 0 Å². The molecule has 0 aliphatic rings. The maximum atomic E-state index is 11.9. The molecule has 0 saturated carbocycles. The molecule has 5 nitrogen and oxygen atoms in total. The molecule has 0 bridgehead atoms. The summed E-state index contributed by atoms with van der Waals surface area (Å²) in [7, 11) is -3.27. The standard InChI is InChI=1S/C13H19NO4S/c15-13(16)9-5-2-6-10-14-11-19(17,18)12-7-3-1-4-8-12/h1,3-4,7-8,14H,2,5-6,9-11H2,(H,15,16). The van der Waals surface area contributed by atoms with Crippen LogP contribution in [-0.2, 0) is 14.6 Å². The topological polar surface area (TPSA) is 83.5 Å². The molecule has 0 aliphatic heterocycles. The summed E-state index contributed by atoms with van der Waals surface area (Å²) in [6.07, 6.45) is 2.35. The normalized spacial score (nSPS) is 11.4. The summed E-state index contributed by atoms with van der Waals surface area (Å²) >= 11 is 0. The first-order valence-electron chi connectivity index (χ1n) is 6.23. The molecule has 19 heavy (non-hydrogen) atoms. The summed E-state index contributed by atoms with van der Waals surface area (Å²) in [5.41, 5.74) is 0. The third-order valence-electron chi connectivity index (χ3n) is 2.64. The van der Waals surface area contributed by atoms with Crippen LogP contribution in [0, 0.1) is 0 Å². The summed E-state index contributed by atoms with van der Waals surface area (Å²) in [6.45, 7) is 0.575. The zero-order valence-corrected chi connectivity index (χ0v) is 11.5. The summed E-state index contributed by atoms with van der Waals surface area (Å²) in [4.78, 5) is 10.6. The molecule has 2 N–H and O–H groups in total. The number of carboxylic acid groups (broad SMARTS) is 1. The van der Waals surface area contributed by atoms with E-state index in [1.807, 2.05) is 0 Å². The van der Waals surface area contributed by atoms with E-state index < -0.39 is 15.8 Å². The smallest absolute Gasteiger partial charge is 0.303 e. The molecule has 106 valence electrons. The van der Waals surface area contributed by atoms with Crippen molar-refractivity contribution in [2.45, 2.75) is 30.6 Å². The Bertz CT molecular complexity index is 485. The van der Waals surface area contributed by atoms with E-state index in [0.29, 0.717) is 17.9 Å². The maximum Gasteiger partial charge on any atom is 0.303 e. The fourth-order valence-corrected chi connectivity index (χ4v) is 2.77. The first-order chi connectivity index (χ1) is 9.02. The number of hydrogen-bond acceptors (Lipinski definition) is 4. The number of sulfone groups is 1. The second-order valence-corrected chi connectivity index (χ2v) is 6.27. The number of rotatable bonds is 9. The fraction of sp³-hybridized carbons (Fsp3) is 0.462. The largest absolute Gasteiger partial charge is 0.481 e. The Labute approximate surface area is 113 Å². The van der Waals surface area contributed by atoms with E-state index in [4.69, 9.17) is 5.11 Å². The number of carboxylic acids is 1. The Morgan fingerprint density at radius 2 is 1.79 bits per heavy atom. The lowest BCUT2D eigenvalue weighted by Crippen LogP contribution is -2.24. The quantitative estimate of drug-likeness (QED) is 0.674. The van der Waals surface area contributed by atoms with Crippen molar-refractivity contribution in [3.8, 4) is 0 Å². The van der Waals surface area contributed by atoms with E-state index in [9.17, 15) is 13.2 Å². The third kappa shape index (κ3) is 6.35. The average Bonchev–Trinajstić information content (AvgIpc) is 2.38. The van der Waals surface area contributed by atoms with Gasteiger partial charge in [-0.25, -0.2) is 8.42 Å². The van der Waals surface area contributed by atoms with E-state index in [0.717, 1.165) is 12.8 Å². The highest BCUT2D eigenvalue weighted by Crippen LogP contribution is 2.08. The lowest BCUT2D eigenvalue weighted by molar-refractivity contribution is -0.137. The van der Waals surface area contributed by atoms with Gasteiger partial charge in [-0.3, -0.25) is 4.79 Å². The van der Waals surface area contributed by atoms with Gasteiger partial charge in [0.2, 0.25) is 0 Å². The van der Waals surface area contributed by atoms with E-state index in [1.54, 1.807) is 30.3 Å². The predicted molar refractivity (Wildman–Crippen MR) is 72.6 cm³/mol. The highest BCUT2D eigenvalue weighted by atomic mass is 32.2. The maximum absolute atomic E-state index is 11.9. The Morgan fingerprint density at radius 3 is 2.42 bits per heavy atom. The Balaban J connectivity index is 2.21. The van der Waals surface area contributed by atoms with Crippen molar-refractivity contribution in [3.05, 3.63) is 30.3 Å². The number of aliphatic carboxylic acids is 1. The minimum atomic E-state index is -3.27. The van der Waals surface area contributed by atoms with Gasteiger partial charge < -0.3 is 10.4 Å².